The molecule has 8 nitrogen and oxygen atoms in total. The van der Waals surface area contributed by atoms with E-state index in [9.17, 15) is 9.59 Å². The van der Waals surface area contributed by atoms with Crippen LogP contribution in [0.4, 0.5) is 0 Å². The molecule has 26 heavy (non-hydrogen) atoms. The highest BCUT2D eigenvalue weighted by Crippen LogP contribution is 2.06. The van der Waals surface area contributed by atoms with Crippen LogP contribution in [0.5, 0.6) is 0 Å². The highest BCUT2D eigenvalue weighted by molar-refractivity contribution is 5.91. The van der Waals surface area contributed by atoms with Crippen LogP contribution >= 0.6 is 0 Å². The molecule has 134 valence electrons. The van der Waals surface area contributed by atoms with Crippen molar-refractivity contribution in [1.29, 1.82) is 0 Å². The minimum atomic E-state index is -0.328. The summed E-state index contributed by atoms with van der Waals surface area (Å²) in [5.41, 5.74) is 2.10. The molecular weight excluding hydrogens is 334 g/mol. The third-order valence-electron chi connectivity index (χ3n) is 3.71. The van der Waals surface area contributed by atoms with E-state index in [4.69, 9.17) is 4.42 Å². The quantitative estimate of drug-likeness (QED) is 0.636. The summed E-state index contributed by atoms with van der Waals surface area (Å²) in [6.07, 6.45) is 4.80. The van der Waals surface area contributed by atoms with E-state index in [-0.39, 0.29) is 30.5 Å². The molecule has 2 amide bonds. The van der Waals surface area contributed by atoms with Crippen molar-refractivity contribution in [3.05, 3.63) is 72.2 Å². The lowest BCUT2D eigenvalue weighted by molar-refractivity contribution is -0.121. The molecule has 0 aliphatic rings. The Morgan fingerprint density at radius 2 is 1.88 bits per heavy atom. The van der Waals surface area contributed by atoms with Crippen molar-refractivity contribution in [1.82, 2.24) is 25.4 Å². The molecule has 1 aromatic carbocycles. The van der Waals surface area contributed by atoms with Crippen molar-refractivity contribution in [2.24, 2.45) is 0 Å². The van der Waals surface area contributed by atoms with Gasteiger partial charge in [-0.05, 0) is 23.3 Å². The number of carbonyl (C=O) groups excluding carboxylic acids is 2. The molecule has 0 saturated heterocycles. The van der Waals surface area contributed by atoms with E-state index in [1.54, 1.807) is 23.1 Å². The fraction of sp³-hybridized carbons (Fsp3) is 0.222. The van der Waals surface area contributed by atoms with Crippen LogP contribution in [0.25, 0.3) is 0 Å². The standard InChI is InChI=1S/C18H19N5O3/c24-17(7-8-20-18(25)16-2-1-9-26-16)21-10-14-3-5-15(6-4-14)11-23-13-19-12-22-23/h1-6,9,12-13H,7-8,10-11H2,(H,20,25)(H,21,24). The smallest absolute Gasteiger partial charge is 0.286 e. The monoisotopic (exact) mass is 353 g/mol. The molecule has 0 spiro atoms. The summed E-state index contributed by atoms with van der Waals surface area (Å²) in [4.78, 5) is 27.4. The first-order valence-electron chi connectivity index (χ1n) is 8.19. The van der Waals surface area contributed by atoms with Gasteiger partial charge in [0.25, 0.3) is 5.91 Å². The summed E-state index contributed by atoms with van der Waals surface area (Å²) >= 11 is 0. The summed E-state index contributed by atoms with van der Waals surface area (Å²) in [7, 11) is 0. The summed E-state index contributed by atoms with van der Waals surface area (Å²) in [6.45, 7) is 1.35. The maximum atomic E-state index is 11.9. The molecule has 2 heterocycles. The van der Waals surface area contributed by atoms with Gasteiger partial charge in [-0.15, -0.1) is 0 Å². The molecule has 2 N–H and O–H groups in total. The van der Waals surface area contributed by atoms with Crippen LogP contribution in [0.1, 0.15) is 28.1 Å². The zero-order valence-electron chi connectivity index (χ0n) is 14.1. The molecular formula is C18H19N5O3. The van der Waals surface area contributed by atoms with Crippen LogP contribution in [0.15, 0.2) is 59.7 Å². The van der Waals surface area contributed by atoms with Gasteiger partial charge in [-0.25, -0.2) is 9.67 Å². The predicted octanol–water partition coefficient (Wildman–Crippen LogP) is 1.36. The minimum absolute atomic E-state index is 0.128. The molecule has 0 bridgehead atoms. The second kappa shape index (κ2) is 8.61. The average molecular weight is 353 g/mol. The van der Waals surface area contributed by atoms with Crippen LogP contribution in [-0.2, 0) is 17.9 Å². The minimum Gasteiger partial charge on any atom is -0.459 e. The Hall–Kier alpha value is -3.42. The van der Waals surface area contributed by atoms with Crippen LogP contribution in [0.3, 0.4) is 0 Å². The molecule has 0 saturated carbocycles. The second-order valence-electron chi connectivity index (χ2n) is 5.67. The van der Waals surface area contributed by atoms with E-state index in [1.165, 1.54) is 12.6 Å². The largest absolute Gasteiger partial charge is 0.459 e. The number of nitrogens with one attached hydrogen (secondary N) is 2. The molecule has 0 aliphatic heterocycles. The zero-order valence-corrected chi connectivity index (χ0v) is 14.1. The number of benzene rings is 1. The zero-order chi connectivity index (χ0) is 18.2. The molecule has 3 rings (SSSR count). The second-order valence-corrected chi connectivity index (χ2v) is 5.67. The third-order valence-corrected chi connectivity index (χ3v) is 3.71. The normalized spacial score (nSPS) is 10.5. The Morgan fingerprint density at radius 1 is 1.08 bits per heavy atom. The van der Waals surface area contributed by atoms with E-state index in [0.717, 1.165) is 11.1 Å². The Labute approximate surface area is 150 Å². The van der Waals surface area contributed by atoms with Gasteiger partial charge in [0.2, 0.25) is 5.91 Å². The Kier molecular flexibility index (Phi) is 5.76. The van der Waals surface area contributed by atoms with Gasteiger partial charge in [0, 0.05) is 19.5 Å². The number of hydrogen-bond acceptors (Lipinski definition) is 5. The molecule has 0 atom stereocenters. The van der Waals surface area contributed by atoms with Gasteiger partial charge < -0.3 is 15.1 Å². The van der Waals surface area contributed by atoms with E-state index in [2.05, 4.69) is 20.7 Å². The van der Waals surface area contributed by atoms with Crippen LogP contribution in [0, 0.1) is 0 Å². The van der Waals surface area contributed by atoms with Gasteiger partial charge in [0.1, 0.15) is 12.7 Å². The Balaban J connectivity index is 1.36. The number of amides is 2. The molecule has 0 unspecified atom stereocenters. The molecule has 3 aromatic rings. The van der Waals surface area contributed by atoms with E-state index in [1.807, 2.05) is 24.3 Å². The van der Waals surface area contributed by atoms with Gasteiger partial charge >= 0.3 is 0 Å². The molecule has 8 heteroatoms. The van der Waals surface area contributed by atoms with Gasteiger partial charge in [-0.2, -0.15) is 5.10 Å². The van der Waals surface area contributed by atoms with Crippen molar-refractivity contribution in [2.45, 2.75) is 19.5 Å². The maximum absolute atomic E-state index is 11.9. The number of hydrogen-bond donors (Lipinski definition) is 2. The Morgan fingerprint density at radius 3 is 2.58 bits per heavy atom. The number of rotatable bonds is 8. The summed E-state index contributed by atoms with van der Waals surface area (Å²) in [5, 5.41) is 9.53. The molecule has 2 aromatic heterocycles. The van der Waals surface area contributed by atoms with Gasteiger partial charge in [0.15, 0.2) is 5.76 Å². The van der Waals surface area contributed by atoms with Crippen LogP contribution in [-0.4, -0.2) is 33.1 Å². The summed E-state index contributed by atoms with van der Waals surface area (Å²) in [6, 6.07) is 11.1. The van der Waals surface area contributed by atoms with Crippen molar-refractivity contribution < 1.29 is 14.0 Å². The van der Waals surface area contributed by atoms with Crippen LogP contribution < -0.4 is 10.6 Å². The van der Waals surface area contributed by atoms with E-state index >= 15 is 0 Å². The fourth-order valence-electron chi connectivity index (χ4n) is 2.34. The maximum Gasteiger partial charge on any atom is 0.286 e. The van der Waals surface area contributed by atoms with Gasteiger partial charge in [-0.3, -0.25) is 9.59 Å². The molecule has 0 fully saturated rings. The topological polar surface area (TPSA) is 102 Å². The van der Waals surface area contributed by atoms with Crippen molar-refractivity contribution in [2.75, 3.05) is 6.54 Å². The number of aromatic nitrogens is 3. The average Bonchev–Trinajstić information content (AvgIpc) is 3.35. The highest BCUT2D eigenvalue weighted by Gasteiger charge is 2.08. The van der Waals surface area contributed by atoms with E-state index in [0.29, 0.717) is 13.1 Å². The highest BCUT2D eigenvalue weighted by atomic mass is 16.3. The first-order chi connectivity index (χ1) is 12.7. The lowest BCUT2D eigenvalue weighted by atomic mass is 10.1. The number of carbonyl (C=O) groups is 2. The third kappa shape index (κ3) is 5.04. The molecule has 0 aliphatic carbocycles. The SMILES string of the molecule is O=C(CCNC(=O)c1ccco1)NCc1ccc(Cn2cncn2)cc1. The fourth-order valence-corrected chi connectivity index (χ4v) is 2.34. The predicted molar refractivity (Wildman–Crippen MR) is 93.1 cm³/mol. The first-order valence-corrected chi connectivity index (χ1v) is 8.19. The first kappa shape index (κ1) is 17.4. The van der Waals surface area contributed by atoms with Crippen molar-refractivity contribution in [3.8, 4) is 0 Å². The lowest BCUT2D eigenvalue weighted by Crippen LogP contribution is -2.30. The Bertz CT molecular complexity index is 826. The van der Waals surface area contributed by atoms with Gasteiger partial charge in [-0.1, -0.05) is 24.3 Å². The number of nitrogens with zero attached hydrogens (tertiary/aromatic N) is 3. The van der Waals surface area contributed by atoms with Crippen LogP contribution in [0.2, 0.25) is 0 Å². The van der Waals surface area contributed by atoms with Gasteiger partial charge in [0.05, 0.1) is 12.8 Å². The van der Waals surface area contributed by atoms with E-state index < -0.39 is 0 Å². The molecule has 0 radical (unpaired) electrons. The van der Waals surface area contributed by atoms with Crippen molar-refractivity contribution in [3.63, 3.8) is 0 Å². The summed E-state index contributed by atoms with van der Waals surface area (Å²) in [5.74, 6) is -0.224. The number of furan rings is 1. The summed E-state index contributed by atoms with van der Waals surface area (Å²) < 4.78 is 6.72. The lowest BCUT2D eigenvalue weighted by Gasteiger charge is -2.07. The van der Waals surface area contributed by atoms with Crippen molar-refractivity contribution >= 4 is 11.8 Å².